The molecule has 1 amide bonds. The van der Waals surface area contributed by atoms with Crippen LogP contribution in [-0.4, -0.2) is 62.8 Å². The van der Waals surface area contributed by atoms with E-state index in [4.69, 9.17) is 0 Å². The fraction of sp³-hybridized carbons (Fsp3) is 0.538. The second kappa shape index (κ2) is 8.29. The van der Waals surface area contributed by atoms with Crippen molar-refractivity contribution in [1.29, 1.82) is 0 Å². The van der Waals surface area contributed by atoms with Crippen molar-refractivity contribution < 1.29 is 31.1 Å². The van der Waals surface area contributed by atoms with Crippen LogP contribution in [0.15, 0.2) is 18.3 Å². The van der Waals surface area contributed by atoms with Crippen LogP contribution >= 0.6 is 0 Å². The van der Waals surface area contributed by atoms with Crippen molar-refractivity contribution in [3.63, 3.8) is 0 Å². The van der Waals surface area contributed by atoms with Crippen molar-refractivity contribution in [2.24, 2.45) is 0 Å². The zero-order valence-corrected chi connectivity index (χ0v) is 13.9. The van der Waals surface area contributed by atoms with Gasteiger partial charge in [-0.25, -0.2) is 17.7 Å². The molecule has 1 N–H and O–H groups in total. The third kappa shape index (κ3) is 7.59. The van der Waals surface area contributed by atoms with Gasteiger partial charge in [0, 0.05) is 32.4 Å². The maximum atomic E-state index is 12.0. The Kier molecular flexibility index (Phi) is 6.96. The summed E-state index contributed by atoms with van der Waals surface area (Å²) < 4.78 is 63.9. The first-order chi connectivity index (χ1) is 11.0. The third-order valence-corrected chi connectivity index (χ3v) is 4.20. The predicted molar refractivity (Wildman–Crippen MR) is 80.2 cm³/mol. The summed E-state index contributed by atoms with van der Waals surface area (Å²) in [6, 6.07) is 2.45. The summed E-state index contributed by atoms with van der Waals surface area (Å²) in [6.45, 7) is -0.966. The number of hydrogen-bond donors (Lipinski definition) is 1. The molecule has 0 aliphatic rings. The van der Waals surface area contributed by atoms with Crippen molar-refractivity contribution in [3.8, 4) is 5.88 Å². The van der Waals surface area contributed by atoms with Crippen LogP contribution in [0.2, 0.25) is 0 Å². The summed E-state index contributed by atoms with van der Waals surface area (Å²) in [7, 11) is -1.83. The molecule has 0 aliphatic heterocycles. The molecule has 11 heteroatoms. The number of aromatic nitrogens is 1. The average molecular weight is 369 g/mol. The molecule has 0 fully saturated rings. The Morgan fingerprint density at radius 1 is 1.38 bits per heavy atom. The SMILES string of the molecule is CN(CCCNC(=O)c1ccc(OCC(F)(F)F)nc1)S(C)(=O)=O. The molecule has 0 aliphatic carbocycles. The molecule has 7 nitrogen and oxygen atoms in total. The van der Waals surface area contributed by atoms with Crippen LogP contribution in [0.4, 0.5) is 13.2 Å². The van der Waals surface area contributed by atoms with Crippen LogP contribution in [0.25, 0.3) is 0 Å². The standard InChI is InChI=1S/C13H18F3N3O4S/c1-19(24(2,21)22)7-3-6-17-12(20)10-4-5-11(18-8-10)23-9-13(14,15)16/h4-5,8H,3,6-7,9H2,1-2H3,(H,17,20). The highest BCUT2D eigenvalue weighted by Gasteiger charge is 2.28. The summed E-state index contributed by atoms with van der Waals surface area (Å²) in [5, 5.41) is 2.56. The minimum absolute atomic E-state index is 0.158. The highest BCUT2D eigenvalue weighted by atomic mass is 32.2. The highest BCUT2D eigenvalue weighted by Crippen LogP contribution is 2.17. The second-order valence-electron chi connectivity index (χ2n) is 4.98. The van der Waals surface area contributed by atoms with E-state index in [-0.39, 0.29) is 24.5 Å². The van der Waals surface area contributed by atoms with E-state index in [1.807, 2.05) is 0 Å². The normalized spacial score (nSPS) is 12.2. The van der Waals surface area contributed by atoms with E-state index in [1.54, 1.807) is 0 Å². The van der Waals surface area contributed by atoms with Crippen LogP contribution in [0, 0.1) is 0 Å². The van der Waals surface area contributed by atoms with E-state index in [2.05, 4.69) is 15.0 Å². The van der Waals surface area contributed by atoms with Crippen LogP contribution in [0.5, 0.6) is 5.88 Å². The molecule has 0 saturated heterocycles. The molecule has 24 heavy (non-hydrogen) atoms. The number of carbonyl (C=O) groups is 1. The van der Waals surface area contributed by atoms with Gasteiger partial charge in [-0.1, -0.05) is 0 Å². The highest BCUT2D eigenvalue weighted by molar-refractivity contribution is 7.88. The first-order valence-corrected chi connectivity index (χ1v) is 8.69. The van der Waals surface area contributed by atoms with Gasteiger partial charge in [-0.2, -0.15) is 13.2 Å². The Morgan fingerprint density at radius 3 is 2.54 bits per heavy atom. The maximum Gasteiger partial charge on any atom is 0.422 e. The minimum Gasteiger partial charge on any atom is -0.468 e. The van der Waals surface area contributed by atoms with Crippen molar-refractivity contribution in [2.45, 2.75) is 12.6 Å². The molecule has 1 heterocycles. The van der Waals surface area contributed by atoms with Crippen LogP contribution in [0.1, 0.15) is 16.8 Å². The number of amides is 1. The molecular formula is C13H18F3N3O4S. The first-order valence-electron chi connectivity index (χ1n) is 6.84. The fourth-order valence-electron chi connectivity index (χ4n) is 1.53. The molecule has 0 bridgehead atoms. The smallest absolute Gasteiger partial charge is 0.422 e. The zero-order chi connectivity index (χ0) is 18.4. The van der Waals surface area contributed by atoms with Crippen molar-refractivity contribution in [2.75, 3.05) is 33.0 Å². The van der Waals surface area contributed by atoms with E-state index in [0.717, 1.165) is 22.8 Å². The topological polar surface area (TPSA) is 88.6 Å². The number of carbonyl (C=O) groups excluding carboxylic acids is 1. The number of hydrogen-bond acceptors (Lipinski definition) is 5. The number of rotatable bonds is 8. The number of pyridine rings is 1. The van der Waals surface area contributed by atoms with Gasteiger partial charge >= 0.3 is 6.18 Å². The van der Waals surface area contributed by atoms with Crippen LogP contribution in [-0.2, 0) is 10.0 Å². The summed E-state index contributed by atoms with van der Waals surface area (Å²) >= 11 is 0. The van der Waals surface area contributed by atoms with E-state index in [0.29, 0.717) is 6.42 Å². The molecule has 0 unspecified atom stereocenters. The van der Waals surface area contributed by atoms with Gasteiger partial charge in [-0.15, -0.1) is 0 Å². The van der Waals surface area contributed by atoms with Gasteiger partial charge in [0.1, 0.15) is 0 Å². The molecule has 0 radical (unpaired) electrons. The molecule has 1 aromatic rings. The van der Waals surface area contributed by atoms with Crippen molar-refractivity contribution >= 4 is 15.9 Å². The molecule has 1 rings (SSSR count). The van der Waals surface area contributed by atoms with Gasteiger partial charge < -0.3 is 10.1 Å². The number of alkyl halides is 3. The molecular weight excluding hydrogens is 351 g/mol. The van der Waals surface area contributed by atoms with Gasteiger partial charge in [0.15, 0.2) is 6.61 Å². The summed E-state index contributed by atoms with van der Waals surface area (Å²) in [5.41, 5.74) is 0.158. The molecule has 0 spiro atoms. The van der Waals surface area contributed by atoms with E-state index >= 15 is 0 Å². The quantitative estimate of drug-likeness (QED) is 0.692. The largest absolute Gasteiger partial charge is 0.468 e. The molecule has 136 valence electrons. The fourth-order valence-corrected chi connectivity index (χ4v) is 1.99. The Bertz CT molecular complexity index is 647. The van der Waals surface area contributed by atoms with Crippen molar-refractivity contribution in [1.82, 2.24) is 14.6 Å². The third-order valence-electron chi connectivity index (χ3n) is 2.88. The van der Waals surface area contributed by atoms with Crippen LogP contribution < -0.4 is 10.1 Å². The predicted octanol–water partition coefficient (Wildman–Crippen LogP) is 1.03. The monoisotopic (exact) mass is 369 g/mol. The van der Waals surface area contributed by atoms with Gasteiger partial charge in [0.05, 0.1) is 11.8 Å². The van der Waals surface area contributed by atoms with E-state index in [1.165, 1.54) is 13.1 Å². The zero-order valence-electron chi connectivity index (χ0n) is 13.1. The molecule has 0 saturated carbocycles. The lowest BCUT2D eigenvalue weighted by Crippen LogP contribution is -2.31. The lowest BCUT2D eigenvalue weighted by atomic mass is 10.2. The summed E-state index contributed by atoms with van der Waals surface area (Å²) in [6.07, 6.45) is -1.87. The Labute approximate surface area is 137 Å². The molecule has 1 aromatic heterocycles. The number of ether oxygens (including phenoxy) is 1. The van der Waals surface area contributed by atoms with Crippen molar-refractivity contribution in [3.05, 3.63) is 23.9 Å². The van der Waals surface area contributed by atoms with Crippen LogP contribution in [0.3, 0.4) is 0 Å². The Hall–Kier alpha value is -1.88. The number of sulfonamides is 1. The molecule has 0 aromatic carbocycles. The minimum atomic E-state index is -4.46. The maximum absolute atomic E-state index is 12.0. The first kappa shape index (κ1) is 20.2. The van der Waals surface area contributed by atoms with Gasteiger partial charge in [-0.05, 0) is 12.5 Å². The Morgan fingerprint density at radius 2 is 2.04 bits per heavy atom. The number of nitrogens with one attached hydrogen (secondary N) is 1. The van der Waals surface area contributed by atoms with Gasteiger partial charge in [0.2, 0.25) is 15.9 Å². The molecule has 0 atom stereocenters. The number of nitrogens with zero attached hydrogens (tertiary/aromatic N) is 2. The number of halogens is 3. The van der Waals surface area contributed by atoms with E-state index in [9.17, 15) is 26.4 Å². The lowest BCUT2D eigenvalue weighted by Gasteiger charge is -2.13. The average Bonchev–Trinajstić information content (AvgIpc) is 2.48. The Balaban J connectivity index is 2.40. The van der Waals surface area contributed by atoms with E-state index < -0.39 is 28.7 Å². The van der Waals surface area contributed by atoms with Gasteiger partial charge in [0.25, 0.3) is 5.91 Å². The lowest BCUT2D eigenvalue weighted by molar-refractivity contribution is -0.154. The summed E-state index contributed by atoms with van der Waals surface area (Å²) in [4.78, 5) is 15.4. The second-order valence-corrected chi connectivity index (χ2v) is 7.07. The van der Waals surface area contributed by atoms with Gasteiger partial charge in [-0.3, -0.25) is 4.79 Å². The summed E-state index contributed by atoms with van der Waals surface area (Å²) in [5.74, 6) is -0.703.